The standard InChI is InChI=1S/C16H24N2O2.ClH/c1-12-5-6-14(13(2)9-12)15(19)17-10-16(11-20-3)7-4-8-18-16;/h5-6,9,18H,4,7-8,10-11H2,1-3H3,(H,17,19);1H. The maximum absolute atomic E-state index is 12.3. The highest BCUT2D eigenvalue weighted by Crippen LogP contribution is 2.19. The lowest BCUT2D eigenvalue weighted by atomic mass is 9.98. The van der Waals surface area contributed by atoms with Gasteiger partial charge in [0.05, 0.1) is 12.1 Å². The monoisotopic (exact) mass is 312 g/mol. The van der Waals surface area contributed by atoms with Gasteiger partial charge in [-0.2, -0.15) is 0 Å². The molecular formula is C16H25ClN2O2. The van der Waals surface area contributed by atoms with E-state index in [1.165, 1.54) is 5.56 Å². The van der Waals surface area contributed by atoms with Gasteiger partial charge in [-0.25, -0.2) is 0 Å². The second-order valence-electron chi connectivity index (χ2n) is 5.74. The molecule has 1 aliphatic rings. The van der Waals surface area contributed by atoms with Crippen LogP contribution >= 0.6 is 12.4 Å². The molecule has 118 valence electrons. The van der Waals surface area contributed by atoms with Crippen LogP contribution in [0.5, 0.6) is 0 Å². The lowest BCUT2D eigenvalue weighted by Crippen LogP contribution is -2.53. The minimum atomic E-state index is -0.108. The molecule has 1 fully saturated rings. The number of halogens is 1. The summed E-state index contributed by atoms with van der Waals surface area (Å²) in [6, 6.07) is 5.90. The molecule has 1 aromatic rings. The summed E-state index contributed by atoms with van der Waals surface area (Å²) in [5, 5.41) is 6.51. The van der Waals surface area contributed by atoms with E-state index in [0.717, 1.165) is 30.5 Å². The average Bonchev–Trinajstić information content (AvgIpc) is 2.85. The van der Waals surface area contributed by atoms with Gasteiger partial charge in [0.1, 0.15) is 0 Å². The minimum absolute atomic E-state index is 0. The van der Waals surface area contributed by atoms with Crippen molar-refractivity contribution in [2.75, 3.05) is 26.8 Å². The first-order valence-electron chi connectivity index (χ1n) is 7.16. The molecule has 21 heavy (non-hydrogen) atoms. The molecule has 4 nitrogen and oxygen atoms in total. The van der Waals surface area contributed by atoms with E-state index in [2.05, 4.69) is 10.6 Å². The Morgan fingerprint density at radius 1 is 1.43 bits per heavy atom. The van der Waals surface area contributed by atoms with Crippen LogP contribution in [0.4, 0.5) is 0 Å². The fourth-order valence-corrected chi connectivity index (χ4v) is 2.88. The summed E-state index contributed by atoms with van der Waals surface area (Å²) in [6.07, 6.45) is 2.16. The Morgan fingerprint density at radius 2 is 2.19 bits per heavy atom. The fraction of sp³-hybridized carbons (Fsp3) is 0.562. The molecule has 0 aromatic heterocycles. The van der Waals surface area contributed by atoms with Crippen molar-refractivity contribution in [2.24, 2.45) is 0 Å². The molecule has 1 saturated heterocycles. The fourth-order valence-electron chi connectivity index (χ4n) is 2.88. The lowest BCUT2D eigenvalue weighted by Gasteiger charge is -2.29. The van der Waals surface area contributed by atoms with Gasteiger partial charge in [-0.05, 0) is 44.9 Å². The molecule has 0 radical (unpaired) electrons. The first kappa shape index (κ1) is 18.0. The number of benzene rings is 1. The third kappa shape index (κ3) is 4.43. The number of carbonyl (C=O) groups is 1. The largest absolute Gasteiger partial charge is 0.383 e. The van der Waals surface area contributed by atoms with Crippen LogP contribution in [0.25, 0.3) is 0 Å². The molecule has 2 rings (SSSR count). The summed E-state index contributed by atoms with van der Waals surface area (Å²) >= 11 is 0. The average molecular weight is 313 g/mol. The van der Waals surface area contributed by atoms with Gasteiger partial charge >= 0.3 is 0 Å². The number of nitrogens with one attached hydrogen (secondary N) is 2. The highest BCUT2D eigenvalue weighted by atomic mass is 35.5. The molecule has 2 N–H and O–H groups in total. The molecule has 0 bridgehead atoms. The van der Waals surface area contributed by atoms with Crippen LogP contribution in [0.2, 0.25) is 0 Å². The molecule has 1 heterocycles. The Morgan fingerprint density at radius 3 is 2.76 bits per heavy atom. The van der Waals surface area contributed by atoms with Crippen molar-refractivity contribution in [1.29, 1.82) is 0 Å². The van der Waals surface area contributed by atoms with Crippen LogP contribution in [0, 0.1) is 13.8 Å². The molecule has 5 heteroatoms. The summed E-state index contributed by atoms with van der Waals surface area (Å²) in [4.78, 5) is 12.3. The van der Waals surface area contributed by atoms with E-state index in [4.69, 9.17) is 4.74 Å². The second-order valence-corrected chi connectivity index (χ2v) is 5.74. The van der Waals surface area contributed by atoms with Gasteiger partial charge in [0.2, 0.25) is 0 Å². The normalized spacial score (nSPS) is 20.9. The molecule has 1 amide bonds. The van der Waals surface area contributed by atoms with Gasteiger partial charge in [-0.15, -0.1) is 12.4 Å². The quantitative estimate of drug-likeness (QED) is 0.876. The van der Waals surface area contributed by atoms with E-state index >= 15 is 0 Å². The van der Waals surface area contributed by atoms with Crippen LogP contribution in [-0.2, 0) is 4.74 Å². The molecule has 1 aliphatic heterocycles. The van der Waals surface area contributed by atoms with E-state index in [1.54, 1.807) is 7.11 Å². The number of carbonyl (C=O) groups excluding carboxylic acids is 1. The van der Waals surface area contributed by atoms with E-state index in [9.17, 15) is 4.79 Å². The highest BCUT2D eigenvalue weighted by molar-refractivity contribution is 5.95. The number of aryl methyl sites for hydroxylation is 2. The van der Waals surface area contributed by atoms with Crippen molar-refractivity contribution < 1.29 is 9.53 Å². The van der Waals surface area contributed by atoms with Crippen molar-refractivity contribution in [2.45, 2.75) is 32.2 Å². The smallest absolute Gasteiger partial charge is 0.251 e. The van der Waals surface area contributed by atoms with Gasteiger partial charge in [0.15, 0.2) is 0 Å². The van der Waals surface area contributed by atoms with Gasteiger partial charge in [0.25, 0.3) is 5.91 Å². The van der Waals surface area contributed by atoms with Crippen LogP contribution in [0.1, 0.15) is 34.3 Å². The first-order chi connectivity index (χ1) is 9.56. The van der Waals surface area contributed by atoms with Crippen LogP contribution in [0.3, 0.4) is 0 Å². The predicted octanol–water partition coefficient (Wildman–Crippen LogP) is 2.22. The number of amides is 1. The predicted molar refractivity (Wildman–Crippen MR) is 87.3 cm³/mol. The van der Waals surface area contributed by atoms with E-state index in [1.807, 2.05) is 32.0 Å². The summed E-state index contributed by atoms with van der Waals surface area (Å²) < 4.78 is 5.29. The highest BCUT2D eigenvalue weighted by Gasteiger charge is 2.33. The summed E-state index contributed by atoms with van der Waals surface area (Å²) in [6.45, 7) is 6.22. The van der Waals surface area contributed by atoms with Crippen molar-refractivity contribution in [3.63, 3.8) is 0 Å². The van der Waals surface area contributed by atoms with Crippen molar-refractivity contribution in [3.8, 4) is 0 Å². The minimum Gasteiger partial charge on any atom is -0.383 e. The number of hydrogen-bond donors (Lipinski definition) is 2. The molecule has 0 spiro atoms. The maximum Gasteiger partial charge on any atom is 0.251 e. The third-order valence-electron chi connectivity index (χ3n) is 3.97. The zero-order valence-electron chi connectivity index (χ0n) is 13.0. The number of methoxy groups -OCH3 is 1. The van der Waals surface area contributed by atoms with Gasteiger partial charge in [-0.1, -0.05) is 17.7 Å². The molecule has 1 atom stereocenters. The zero-order valence-corrected chi connectivity index (χ0v) is 13.8. The van der Waals surface area contributed by atoms with Crippen LogP contribution < -0.4 is 10.6 Å². The third-order valence-corrected chi connectivity index (χ3v) is 3.97. The second kappa shape index (κ2) is 7.78. The van der Waals surface area contributed by atoms with Crippen molar-refractivity contribution in [1.82, 2.24) is 10.6 Å². The lowest BCUT2D eigenvalue weighted by molar-refractivity contribution is 0.0891. The van der Waals surface area contributed by atoms with E-state index in [0.29, 0.717) is 13.2 Å². The topological polar surface area (TPSA) is 50.4 Å². The summed E-state index contributed by atoms with van der Waals surface area (Å²) in [7, 11) is 1.70. The molecule has 1 aromatic carbocycles. The van der Waals surface area contributed by atoms with E-state index < -0.39 is 0 Å². The Balaban J connectivity index is 0.00000220. The Labute approximate surface area is 133 Å². The summed E-state index contributed by atoms with van der Waals surface area (Å²) in [5.41, 5.74) is 2.83. The van der Waals surface area contributed by atoms with Gasteiger partial charge < -0.3 is 15.4 Å². The van der Waals surface area contributed by atoms with Gasteiger partial charge in [0, 0.05) is 19.2 Å². The van der Waals surface area contributed by atoms with Crippen molar-refractivity contribution in [3.05, 3.63) is 34.9 Å². The molecule has 1 unspecified atom stereocenters. The van der Waals surface area contributed by atoms with Crippen LogP contribution in [0.15, 0.2) is 18.2 Å². The Bertz CT molecular complexity index is 485. The Hall–Kier alpha value is -1.10. The zero-order chi connectivity index (χ0) is 14.6. The maximum atomic E-state index is 12.3. The number of rotatable bonds is 5. The number of ether oxygens (including phenoxy) is 1. The van der Waals surface area contributed by atoms with Gasteiger partial charge in [-0.3, -0.25) is 4.79 Å². The van der Waals surface area contributed by atoms with E-state index in [-0.39, 0.29) is 23.9 Å². The first-order valence-corrected chi connectivity index (χ1v) is 7.16. The molecular weight excluding hydrogens is 288 g/mol. The van der Waals surface area contributed by atoms with Crippen LogP contribution in [-0.4, -0.2) is 38.3 Å². The van der Waals surface area contributed by atoms with Crippen molar-refractivity contribution >= 4 is 18.3 Å². The summed E-state index contributed by atoms with van der Waals surface area (Å²) in [5.74, 6) is -0.00771. The number of hydrogen-bond acceptors (Lipinski definition) is 3. The Kier molecular flexibility index (Phi) is 6.65. The molecule has 0 saturated carbocycles. The molecule has 0 aliphatic carbocycles. The SMILES string of the molecule is COCC1(CNC(=O)c2ccc(C)cc2C)CCCN1.Cl.